The van der Waals surface area contributed by atoms with E-state index in [0.717, 1.165) is 31.4 Å². The van der Waals surface area contributed by atoms with Crippen molar-refractivity contribution in [2.24, 2.45) is 0 Å². The van der Waals surface area contributed by atoms with Crippen molar-refractivity contribution < 1.29 is 37.4 Å². The van der Waals surface area contributed by atoms with Crippen LogP contribution in [0.5, 0.6) is 0 Å². The van der Waals surface area contributed by atoms with Crippen LogP contribution in [0.1, 0.15) is 37.0 Å². The molecular formula is C16H18F3NO5. The van der Waals surface area contributed by atoms with E-state index in [1.807, 2.05) is 0 Å². The number of nitrogens with one attached hydrogen (secondary N) is 1. The number of ether oxygens (including phenoxy) is 1. The number of carbonyl (C=O) groups excluding carboxylic acids is 3. The number of Topliss-reactive ketones (excluding diaryl/α,β-unsaturated/α-hetero) is 1. The Morgan fingerprint density at radius 1 is 1.20 bits per heavy atom. The van der Waals surface area contributed by atoms with Gasteiger partial charge in [-0.25, -0.2) is 4.79 Å². The molecule has 0 radical (unpaired) electrons. The van der Waals surface area contributed by atoms with Crippen LogP contribution in [0.2, 0.25) is 0 Å². The Hall–Kier alpha value is -2.42. The Kier molecular flexibility index (Phi) is 7.10. The number of rotatable bonds is 7. The van der Waals surface area contributed by atoms with Gasteiger partial charge in [-0.1, -0.05) is 12.1 Å². The highest BCUT2D eigenvalue weighted by Crippen LogP contribution is 2.30. The fraction of sp³-hybridized carbons (Fsp3) is 0.438. The largest absolute Gasteiger partial charge is 0.467 e. The number of hydrogen-bond donors (Lipinski definition) is 2. The van der Waals surface area contributed by atoms with E-state index in [1.165, 1.54) is 6.92 Å². The van der Waals surface area contributed by atoms with Gasteiger partial charge in [0.05, 0.1) is 12.7 Å². The predicted molar refractivity (Wildman–Crippen MR) is 80.3 cm³/mol. The molecule has 0 aliphatic carbocycles. The summed E-state index contributed by atoms with van der Waals surface area (Å²) in [5.74, 6) is -1.99. The van der Waals surface area contributed by atoms with Gasteiger partial charge in [0.15, 0.2) is 6.10 Å². The third-order valence-electron chi connectivity index (χ3n) is 3.39. The Bertz CT molecular complexity index is 628. The number of aliphatic hydroxyl groups excluding tert-OH is 1. The zero-order valence-electron chi connectivity index (χ0n) is 13.6. The van der Waals surface area contributed by atoms with Crippen molar-refractivity contribution in [1.82, 2.24) is 5.32 Å². The Labute approximate surface area is 142 Å². The minimum Gasteiger partial charge on any atom is -0.467 e. The summed E-state index contributed by atoms with van der Waals surface area (Å²) in [6.07, 6.45) is -6.31. The molecule has 0 fully saturated rings. The molecule has 0 aromatic heterocycles. The number of carbonyl (C=O) groups is 3. The zero-order chi connectivity index (χ0) is 19.2. The number of aliphatic hydroxyl groups is 1. The first-order valence-electron chi connectivity index (χ1n) is 7.29. The fourth-order valence-electron chi connectivity index (χ4n) is 2.00. The quantitative estimate of drug-likeness (QED) is 0.722. The second kappa shape index (κ2) is 8.61. The first kappa shape index (κ1) is 20.6. The van der Waals surface area contributed by atoms with Crippen LogP contribution >= 0.6 is 0 Å². The average Bonchev–Trinajstić information content (AvgIpc) is 2.56. The maximum atomic E-state index is 12.5. The van der Waals surface area contributed by atoms with Gasteiger partial charge in [-0.2, -0.15) is 13.2 Å². The van der Waals surface area contributed by atoms with E-state index in [9.17, 15) is 32.7 Å². The molecule has 9 heteroatoms. The number of hydrogen-bond acceptors (Lipinski definition) is 5. The second-order valence-electron chi connectivity index (χ2n) is 5.35. The SMILES string of the molecule is COC(=O)[C@@H](CCC(C)=O)NC(=O)[C@@H](O)c1ccc(C(F)(F)F)cc1. The fourth-order valence-corrected chi connectivity index (χ4v) is 2.00. The van der Waals surface area contributed by atoms with Crippen LogP contribution in [0.4, 0.5) is 13.2 Å². The third kappa shape index (κ3) is 6.18. The average molecular weight is 361 g/mol. The lowest BCUT2D eigenvalue weighted by Gasteiger charge is -2.18. The van der Waals surface area contributed by atoms with Crippen LogP contribution in [-0.2, 0) is 25.3 Å². The van der Waals surface area contributed by atoms with Gasteiger partial charge in [-0.15, -0.1) is 0 Å². The molecule has 2 N–H and O–H groups in total. The van der Waals surface area contributed by atoms with Crippen molar-refractivity contribution in [1.29, 1.82) is 0 Å². The molecule has 0 saturated carbocycles. The van der Waals surface area contributed by atoms with Crippen molar-refractivity contribution in [2.75, 3.05) is 7.11 Å². The molecule has 0 bridgehead atoms. The normalized spacial score (nSPS) is 13.7. The number of esters is 1. The minimum atomic E-state index is -4.53. The Morgan fingerprint density at radius 2 is 1.76 bits per heavy atom. The van der Waals surface area contributed by atoms with E-state index in [4.69, 9.17) is 0 Å². The van der Waals surface area contributed by atoms with Crippen LogP contribution in [-0.4, -0.2) is 35.9 Å². The maximum Gasteiger partial charge on any atom is 0.416 e. The summed E-state index contributed by atoms with van der Waals surface area (Å²) in [6, 6.07) is 2.26. The lowest BCUT2D eigenvalue weighted by atomic mass is 10.0. The number of benzene rings is 1. The van der Waals surface area contributed by atoms with E-state index in [0.29, 0.717) is 0 Å². The minimum absolute atomic E-state index is 0.0103. The van der Waals surface area contributed by atoms with Gasteiger partial charge in [0.2, 0.25) is 0 Å². The maximum absolute atomic E-state index is 12.5. The monoisotopic (exact) mass is 361 g/mol. The number of alkyl halides is 3. The molecule has 0 spiro atoms. The summed E-state index contributed by atoms with van der Waals surface area (Å²) in [5, 5.41) is 12.2. The van der Waals surface area contributed by atoms with Crippen LogP contribution in [0.3, 0.4) is 0 Å². The van der Waals surface area contributed by atoms with E-state index >= 15 is 0 Å². The lowest BCUT2D eigenvalue weighted by molar-refractivity contribution is -0.146. The molecule has 0 saturated heterocycles. The summed E-state index contributed by atoms with van der Waals surface area (Å²) in [5.41, 5.74) is -0.988. The highest BCUT2D eigenvalue weighted by Gasteiger charge is 2.31. The van der Waals surface area contributed by atoms with Crippen LogP contribution in [0, 0.1) is 0 Å². The molecule has 0 unspecified atom stereocenters. The molecular weight excluding hydrogens is 343 g/mol. The molecule has 25 heavy (non-hydrogen) atoms. The van der Waals surface area contributed by atoms with Gasteiger partial charge in [0, 0.05) is 6.42 Å². The first-order chi connectivity index (χ1) is 11.6. The molecule has 0 aliphatic rings. The molecule has 138 valence electrons. The van der Waals surface area contributed by atoms with E-state index in [-0.39, 0.29) is 24.2 Å². The Morgan fingerprint density at radius 3 is 2.20 bits per heavy atom. The summed E-state index contributed by atoms with van der Waals surface area (Å²) >= 11 is 0. The van der Waals surface area contributed by atoms with Crippen molar-refractivity contribution in [3.63, 3.8) is 0 Å². The van der Waals surface area contributed by atoms with Gasteiger partial charge in [-0.3, -0.25) is 4.79 Å². The van der Waals surface area contributed by atoms with E-state index < -0.39 is 35.8 Å². The summed E-state index contributed by atoms with van der Waals surface area (Å²) in [7, 11) is 1.10. The molecule has 2 atom stereocenters. The predicted octanol–water partition coefficient (Wildman–Crippen LogP) is 1.77. The van der Waals surface area contributed by atoms with E-state index in [1.54, 1.807) is 0 Å². The third-order valence-corrected chi connectivity index (χ3v) is 3.39. The standard InChI is InChI=1S/C16H18F3NO5/c1-9(21)3-8-12(15(24)25-2)20-14(23)13(22)10-4-6-11(7-5-10)16(17,18)19/h4-7,12-13,22H,3,8H2,1-2H3,(H,20,23)/t12-,13+/m1/s1. The summed E-state index contributed by atoms with van der Waals surface area (Å²) < 4.78 is 42.0. The van der Waals surface area contributed by atoms with Gasteiger partial charge in [0.1, 0.15) is 11.8 Å². The zero-order valence-corrected chi connectivity index (χ0v) is 13.6. The lowest BCUT2D eigenvalue weighted by Crippen LogP contribution is -2.43. The Balaban J connectivity index is 2.82. The highest BCUT2D eigenvalue weighted by atomic mass is 19.4. The molecule has 1 aromatic carbocycles. The topological polar surface area (TPSA) is 92.7 Å². The molecule has 1 rings (SSSR count). The van der Waals surface area contributed by atoms with Crippen LogP contribution < -0.4 is 5.32 Å². The van der Waals surface area contributed by atoms with Gasteiger partial charge >= 0.3 is 12.1 Å². The molecule has 1 amide bonds. The van der Waals surface area contributed by atoms with Crippen molar-refractivity contribution >= 4 is 17.7 Å². The highest BCUT2D eigenvalue weighted by molar-refractivity contribution is 5.88. The number of ketones is 1. The van der Waals surface area contributed by atoms with Crippen molar-refractivity contribution in [2.45, 2.75) is 38.1 Å². The van der Waals surface area contributed by atoms with Crippen molar-refractivity contribution in [3.8, 4) is 0 Å². The second-order valence-corrected chi connectivity index (χ2v) is 5.35. The molecule has 0 heterocycles. The van der Waals surface area contributed by atoms with E-state index in [2.05, 4.69) is 10.1 Å². The number of halogens is 3. The number of methoxy groups -OCH3 is 1. The smallest absolute Gasteiger partial charge is 0.416 e. The summed E-state index contributed by atoms with van der Waals surface area (Å²) in [6.45, 7) is 1.31. The molecule has 1 aromatic rings. The summed E-state index contributed by atoms with van der Waals surface area (Å²) in [4.78, 5) is 34.7. The van der Waals surface area contributed by atoms with Crippen LogP contribution in [0.15, 0.2) is 24.3 Å². The van der Waals surface area contributed by atoms with Gasteiger partial charge in [-0.05, 0) is 31.0 Å². The first-order valence-corrected chi connectivity index (χ1v) is 7.29. The van der Waals surface area contributed by atoms with Crippen LogP contribution in [0.25, 0.3) is 0 Å². The van der Waals surface area contributed by atoms with Crippen molar-refractivity contribution in [3.05, 3.63) is 35.4 Å². The molecule has 6 nitrogen and oxygen atoms in total. The number of amides is 1. The van der Waals surface area contributed by atoms with Gasteiger partial charge in [0.25, 0.3) is 5.91 Å². The van der Waals surface area contributed by atoms with Gasteiger partial charge < -0.3 is 20.0 Å². The molecule has 0 aliphatic heterocycles.